The third kappa shape index (κ3) is 7.32. The minimum atomic E-state index is -4.57. The van der Waals surface area contributed by atoms with Crippen molar-refractivity contribution in [2.24, 2.45) is 0 Å². The van der Waals surface area contributed by atoms with Crippen LogP contribution in [0.5, 0.6) is 5.75 Å². The Balaban J connectivity index is 0.00000361. The van der Waals surface area contributed by atoms with Crippen molar-refractivity contribution in [1.82, 2.24) is 14.9 Å². The van der Waals surface area contributed by atoms with Crippen LogP contribution in [-0.2, 0) is 12.7 Å². The Kier molecular flexibility index (Phi) is 9.49. The summed E-state index contributed by atoms with van der Waals surface area (Å²) < 4.78 is 46.1. The zero-order valence-electron chi connectivity index (χ0n) is 19.4. The lowest BCUT2D eigenvalue weighted by molar-refractivity contribution is -0.138. The van der Waals surface area contributed by atoms with Crippen molar-refractivity contribution in [3.63, 3.8) is 0 Å². The number of hydrogen-bond donors (Lipinski definition) is 2. The third-order valence-corrected chi connectivity index (χ3v) is 5.67. The molecule has 2 N–H and O–H groups in total. The van der Waals surface area contributed by atoms with Crippen LogP contribution in [0, 0.1) is 0 Å². The molecule has 3 heterocycles. The number of pyridine rings is 2. The fraction of sp³-hybridized carbons (Fsp3) is 0.320. The maximum atomic E-state index is 13.5. The van der Waals surface area contributed by atoms with E-state index in [0.29, 0.717) is 18.9 Å². The van der Waals surface area contributed by atoms with Gasteiger partial charge in [-0.2, -0.15) is 13.2 Å². The number of carbonyl (C=O) groups excluding carboxylic acids is 1. The molecule has 0 atom stereocenters. The first-order valence-corrected chi connectivity index (χ1v) is 11.4. The van der Waals surface area contributed by atoms with Gasteiger partial charge in [-0.05, 0) is 67.9 Å². The van der Waals surface area contributed by atoms with Crippen LogP contribution in [0.1, 0.15) is 34.3 Å². The average molecular weight is 522 g/mol. The molecular formula is C25H27ClF3N5O2. The molecule has 0 radical (unpaired) electrons. The van der Waals surface area contributed by atoms with Gasteiger partial charge < -0.3 is 15.4 Å². The standard InChI is InChI=1S/C25H26F3N5O2.ClH/c26-25(27,28)21-6-5-19(16-22(21)35-15-14-33-12-1-2-13-33)32-24(34)20-4-3-9-30-23(20)31-17-18-7-10-29-11-8-18;/h3-11,16H,1-2,12-15,17H2,(H,30,31)(H,32,34);1H. The van der Waals surface area contributed by atoms with E-state index in [1.807, 2.05) is 12.1 Å². The maximum absolute atomic E-state index is 13.5. The molecule has 1 aliphatic heterocycles. The Hall–Kier alpha value is -3.37. The second kappa shape index (κ2) is 12.5. The lowest BCUT2D eigenvalue weighted by atomic mass is 10.1. The van der Waals surface area contributed by atoms with Crippen molar-refractivity contribution in [2.75, 3.05) is 36.9 Å². The number of carbonyl (C=O) groups is 1. The molecule has 0 bridgehead atoms. The van der Waals surface area contributed by atoms with Gasteiger partial charge in [0.25, 0.3) is 5.91 Å². The zero-order chi connectivity index (χ0) is 24.7. The first kappa shape index (κ1) is 27.2. The smallest absolute Gasteiger partial charge is 0.419 e. The number of benzene rings is 1. The molecule has 0 aliphatic carbocycles. The number of likely N-dealkylation sites (tertiary alicyclic amines) is 1. The minimum absolute atomic E-state index is 0. The molecule has 4 rings (SSSR count). The molecule has 1 fully saturated rings. The summed E-state index contributed by atoms with van der Waals surface area (Å²) in [6, 6.07) is 10.2. The van der Waals surface area contributed by atoms with Crippen molar-refractivity contribution in [3.8, 4) is 5.75 Å². The van der Waals surface area contributed by atoms with E-state index in [0.717, 1.165) is 37.6 Å². The van der Waals surface area contributed by atoms with Crippen LogP contribution < -0.4 is 15.4 Å². The van der Waals surface area contributed by atoms with Gasteiger partial charge in [0, 0.05) is 43.4 Å². The van der Waals surface area contributed by atoms with Gasteiger partial charge in [-0.3, -0.25) is 14.7 Å². The van der Waals surface area contributed by atoms with Crippen LogP contribution in [0.25, 0.3) is 0 Å². The summed E-state index contributed by atoms with van der Waals surface area (Å²) in [5.41, 5.74) is 0.537. The van der Waals surface area contributed by atoms with Gasteiger partial charge in [0.05, 0.1) is 11.1 Å². The molecule has 1 amide bonds. The number of alkyl halides is 3. The van der Waals surface area contributed by atoms with Crippen LogP contribution in [0.3, 0.4) is 0 Å². The van der Waals surface area contributed by atoms with Crippen molar-refractivity contribution >= 4 is 29.8 Å². The van der Waals surface area contributed by atoms with Gasteiger partial charge in [-0.15, -0.1) is 12.4 Å². The van der Waals surface area contributed by atoms with E-state index in [2.05, 4.69) is 25.5 Å². The summed E-state index contributed by atoms with van der Waals surface area (Å²) in [4.78, 5) is 23.3. The second-order valence-electron chi connectivity index (χ2n) is 8.17. The number of amides is 1. The number of halogens is 4. The number of anilines is 2. The van der Waals surface area contributed by atoms with E-state index in [9.17, 15) is 18.0 Å². The van der Waals surface area contributed by atoms with Crippen molar-refractivity contribution < 1.29 is 22.7 Å². The molecule has 0 spiro atoms. The summed E-state index contributed by atoms with van der Waals surface area (Å²) >= 11 is 0. The van der Waals surface area contributed by atoms with E-state index >= 15 is 0 Å². The topological polar surface area (TPSA) is 79.4 Å². The van der Waals surface area contributed by atoms with E-state index in [1.54, 1.807) is 30.7 Å². The maximum Gasteiger partial charge on any atom is 0.419 e. The zero-order valence-corrected chi connectivity index (χ0v) is 20.2. The lowest BCUT2D eigenvalue weighted by Crippen LogP contribution is -2.25. The molecule has 192 valence electrons. The number of aromatic nitrogens is 2. The van der Waals surface area contributed by atoms with Gasteiger partial charge in [-0.1, -0.05) is 0 Å². The molecule has 36 heavy (non-hydrogen) atoms. The highest BCUT2D eigenvalue weighted by Crippen LogP contribution is 2.38. The minimum Gasteiger partial charge on any atom is -0.492 e. The molecule has 1 aliphatic rings. The first-order valence-electron chi connectivity index (χ1n) is 11.4. The Morgan fingerprint density at radius 2 is 1.81 bits per heavy atom. The predicted molar refractivity (Wildman–Crippen MR) is 134 cm³/mol. The normalized spacial score (nSPS) is 13.6. The number of hydrogen-bond acceptors (Lipinski definition) is 6. The summed E-state index contributed by atoms with van der Waals surface area (Å²) in [5.74, 6) is -0.453. The van der Waals surface area contributed by atoms with E-state index in [-0.39, 0.29) is 36.0 Å². The van der Waals surface area contributed by atoms with Crippen molar-refractivity contribution in [2.45, 2.75) is 25.6 Å². The monoisotopic (exact) mass is 521 g/mol. The average Bonchev–Trinajstić information content (AvgIpc) is 3.36. The van der Waals surface area contributed by atoms with Crippen LogP contribution >= 0.6 is 12.4 Å². The number of nitrogens with zero attached hydrogens (tertiary/aromatic N) is 3. The molecule has 0 saturated carbocycles. The van der Waals surface area contributed by atoms with Crippen molar-refractivity contribution in [1.29, 1.82) is 0 Å². The predicted octanol–water partition coefficient (Wildman–Crippen LogP) is 5.26. The van der Waals surface area contributed by atoms with Crippen LogP contribution in [0.2, 0.25) is 0 Å². The quantitative estimate of drug-likeness (QED) is 0.400. The molecule has 1 saturated heterocycles. The van der Waals surface area contributed by atoms with Crippen molar-refractivity contribution in [3.05, 3.63) is 77.7 Å². The van der Waals surface area contributed by atoms with Crippen LogP contribution in [0.15, 0.2) is 61.1 Å². The van der Waals surface area contributed by atoms with E-state index in [4.69, 9.17) is 4.74 Å². The fourth-order valence-electron chi connectivity index (χ4n) is 3.86. The highest BCUT2D eigenvalue weighted by molar-refractivity contribution is 6.07. The summed E-state index contributed by atoms with van der Waals surface area (Å²) in [5, 5.41) is 5.77. The second-order valence-corrected chi connectivity index (χ2v) is 8.17. The summed E-state index contributed by atoms with van der Waals surface area (Å²) in [7, 11) is 0. The Morgan fingerprint density at radius 1 is 1.06 bits per heavy atom. The molecule has 1 aromatic carbocycles. The molecule has 3 aromatic rings. The Labute approximate surface area is 213 Å². The fourth-order valence-corrected chi connectivity index (χ4v) is 3.86. The number of ether oxygens (including phenoxy) is 1. The van der Waals surface area contributed by atoms with E-state index in [1.165, 1.54) is 12.1 Å². The summed E-state index contributed by atoms with van der Waals surface area (Å²) in [6.45, 7) is 2.96. The SMILES string of the molecule is Cl.O=C(Nc1ccc(C(F)(F)F)c(OCCN2CCCC2)c1)c1cccnc1NCc1ccncc1. The molecule has 11 heteroatoms. The molecule has 2 aromatic heterocycles. The molecular weight excluding hydrogens is 495 g/mol. The lowest BCUT2D eigenvalue weighted by Gasteiger charge is -2.18. The Morgan fingerprint density at radius 3 is 2.53 bits per heavy atom. The van der Waals surface area contributed by atoms with Crippen LogP contribution in [0.4, 0.5) is 24.7 Å². The highest BCUT2D eigenvalue weighted by atomic mass is 35.5. The van der Waals surface area contributed by atoms with Gasteiger partial charge in [0.2, 0.25) is 0 Å². The molecule has 7 nitrogen and oxygen atoms in total. The molecule has 0 unspecified atom stereocenters. The summed E-state index contributed by atoms with van der Waals surface area (Å²) in [6.07, 6.45) is 2.48. The first-order chi connectivity index (χ1) is 16.9. The number of nitrogens with one attached hydrogen (secondary N) is 2. The van der Waals surface area contributed by atoms with Gasteiger partial charge in [-0.25, -0.2) is 4.98 Å². The Bertz CT molecular complexity index is 1140. The third-order valence-electron chi connectivity index (χ3n) is 5.67. The van der Waals surface area contributed by atoms with Gasteiger partial charge >= 0.3 is 6.18 Å². The number of rotatable bonds is 9. The van der Waals surface area contributed by atoms with Crippen LogP contribution in [-0.4, -0.2) is 47.0 Å². The van der Waals surface area contributed by atoms with E-state index < -0.39 is 17.6 Å². The van der Waals surface area contributed by atoms with Gasteiger partial charge in [0.15, 0.2) is 0 Å². The van der Waals surface area contributed by atoms with Gasteiger partial charge in [0.1, 0.15) is 18.2 Å². The largest absolute Gasteiger partial charge is 0.492 e. The highest BCUT2D eigenvalue weighted by Gasteiger charge is 2.34.